The molecule has 0 fully saturated rings. The maximum absolute atomic E-state index is 6.11. The van der Waals surface area contributed by atoms with Crippen molar-refractivity contribution in [1.29, 1.82) is 0 Å². The summed E-state index contributed by atoms with van der Waals surface area (Å²) in [5.74, 6) is 0. The van der Waals surface area contributed by atoms with Gasteiger partial charge >= 0.3 is 107 Å². The van der Waals surface area contributed by atoms with E-state index in [-0.39, 0.29) is 0 Å². The van der Waals surface area contributed by atoms with Crippen molar-refractivity contribution in [3.8, 4) is 0 Å². The summed E-state index contributed by atoms with van der Waals surface area (Å²) < 4.78 is 6.95. The molecule has 0 N–H and O–H groups in total. The third kappa shape index (κ3) is 6.84. The fourth-order valence-electron chi connectivity index (χ4n) is 1.20. The molecule has 15 heavy (non-hydrogen) atoms. The van der Waals surface area contributed by atoms with Crippen LogP contribution in [0.1, 0.15) is 47.0 Å². The molecule has 3 heteroatoms. The summed E-state index contributed by atoms with van der Waals surface area (Å²) in [7, 11) is -1.48. The molecule has 0 bridgehead atoms. The number of unbranched alkanes of at least 4 members (excludes halogenated alkanes) is 1. The zero-order chi connectivity index (χ0) is 12.1. The molecule has 0 heterocycles. The van der Waals surface area contributed by atoms with Crippen LogP contribution >= 0.6 is 0 Å². The standard InChI is InChI=1S/C12H27OSi.Li/c1-7-8-9-10-11-13-14(5,6)12(2,3)4;/h7H,8-11H2,1-6H3;. The molecule has 0 rings (SSSR count). The third-order valence-electron chi connectivity index (χ3n) is 3.44. The molecule has 0 radical (unpaired) electrons. The molecule has 0 aliphatic rings. The van der Waals surface area contributed by atoms with Gasteiger partial charge in [-0.05, 0) is 0 Å². The Balaban J connectivity index is 3.68. The van der Waals surface area contributed by atoms with Crippen molar-refractivity contribution in [3.63, 3.8) is 0 Å². The normalized spacial score (nSPS) is 15.5. The van der Waals surface area contributed by atoms with E-state index in [9.17, 15) is 0 Å². The van der Waals surface area contributed by atoms with E-state index in [2.05, 4.69) is 58.5 Å². The Labute approximate surface area is 107 Å². The van der Waals surface area contributed by atoms with Gasteiger partial charge in [-0.25, -0.2) is 0 Å². The number of hydrogen-bond donors (Lipinski definition) is 0. The Bertz CT molecular complexity index is 173. The quantitative estimate of drug-likeness (QED) is 0.484. The minimum absolute atomic E-state index is 0.352. The molecular formula is C12H27LiOSi. The zero-order valence-corrected chi connectivity index (χ0v) is 12.8. The summed E-state index contributed by atoms with van der Waals surface area (Å²) >= 11 is 2.29. The first-order chi connectivity index (χ1) is 6.67. The van der Waals surface area contributed by atoms with Crippen molar-refractivity contribution in [2.24, 2.45) is 0 Å². The molecule has 0 aliphatic heterocycles. The molecule has 0 aliphatic carbocycles. The molecule has 0 aromatic carbocycles. The van der Waals surface area contributed by atoms with Crippen molar-refractivity contribution in [2.75, 3.05) is 6.61 Å². The van der Waals surface area contributed by atoms with Gasteiger partial charge in [0.05, 0.1) is 0 Å². The minimum atomic E-state index is -1.48. The van der Waals surface area contributed by atoms with Crippen LogP contribution in [0.5, 0.6) is 0 Å². The molecule has 0 aromatic rings. The molecule has 1 atom stereocenters. The second-order valence-electron chi connectivity index (χ2n) is 6.50. The first-order valence-corrected chi connectivity index (χ1v) is 9.21. The summed E-state index contributed by atoms with van der Waals surface area (Å²) in [5, 5.41) is 0.352. The molecule has 0 amide bonds. The van der Waals surface area contributed by atoms with Crippen LogP contribution in [0, 0.1) is 0 Å². The van der Waals surface area contributed by atoms with Gasteiger partial charge in [-0.15, -0.1) is 0 Å². The molecule has 0 saturated heterocycles. The van der Waals surface area contributed by atoms with Crippen molar-refractivity contribution >= 4 is 26.0 Å². The van der Waals surface area contributed by atoms with E-state index in [1.54, 1.807) is 0 Å². The average Bonchev–Trinajstić information content (AvgIpc) is 2.00. The van der Waals surface area contributed by atoms with E-state index in [4.69, 9.17) is 4.43 Å². The topological polar surface area (TPSA) is 9.23 Å². The summed E-state index contributed by atoms with van der Waals surface area (Å²) in [6.45, 7) is 14.8. The molecule has 1 nitrogen and oxygen atoms in total. The van der Waals surface area contributed by atoms with E-state index in [1.165, 1.54) is 19.3 Å². The fraction of sp³-hybridized carbons (Fsp3) is 1.00. The Morgan fingerprint density at radius 1 is 1.20 bits per heavy atom. The van der Waals surface area contributed by atoms with Gasteiger partial charge in [-0.1, -0.05) is 0 Å². The van der Waals surface area contributed by atoms with Crippen LogP contribution in [-0.4, -0.2) is 32.6 Å². The van der Waals surface area contributed by atoms with Gasteiger partial charge in [0, 0.05) is 0 Å². The van der Waals surface area contributed by atoms with Crippen molar-refractivity contribution in [2.45, 2.75) is 69.7 Å². The predicted molar refractivity (Wildman–Crippen MR) is 72.2 cm³/mol. The number of hydrogen-bond acceptors (Lipinski definition) is 1. The summed E-state index contributed by atoms with van der Waals surface area (Å²) in [5.41, 5.74) is 0. The van der Waals surface area contributed by atoms with Gasteiger partial charge in [-0.3, -0.25) is 0 Å². The fourth-order valence-corrected chi connectivity index (χ4v) is 2.29. The first-order valence-electron chi connectivity index (χ1n) is 6.31. The van der Waals surface area contributed by atoms with E-state index < -0.39 is 8.32 Å². The summed E-state index contributed by atoms with van der Waals surface area (Å²) in [6, 6.07) is 0. The van der Waals surface area contributed by atoms with Gasteiger partial charge in [0.2, 0.25) is 0 Å². The van der Waals surface area contributed by atoms with E-state index in [0.717, 1.165) is 11.2 Å². The van der Waals surface area contributed by atoms with Crippen LogP contribution in [0.4, 0.5) is 0 Å². The molecule has 0 saturated carbocycles. The van der Waals surface area contributed by atoms with Crippen LogP contribution in [0.2, 0.25) is 22.7 Å². The second kappa shape index (κ2) is 6.50. The molecule has 0 spiro atoms. The maximum atomic E-state index is 6.11. The Kier molecular flexibility index (Phi) is 6.83. The number of rotatable bonds is 6. The van der Waals surface area contributed by atoms with Gasteiger partial charge in [0.25, 0.3) is 0 Å². The first kappa shape index (κ1) is 15.8. The molecular weight excluding hydrogens is 195 g/mol. The van der Waals surface area contributed by atoms with Gasteiger partial charge in [-0.2, -0.15) is 0 Å². The van der Waals surface area contributed by atoms with Crippen molar-refractivity contribution in [3.05, 3.63) is 0 Å². The van der Waals surface area contributed by atoms with E-state index >= 15 is 0 Å². The van der Waals surface area contributed by atoms with Gasteiger partial charge in [0.15, 0.2) is 0 Å². The monoisotopic (exact) mass is 222 g/mol. The zero-order valence-electron chi connectivity index (χ0n) is 11.8. The van der Waals surface area contributed by atoms with Crippen LogP contribution < -0.4 is 0 Å². The third-order valence-corrected chi connectivity index (χ3v) is 7.98. The predicted octanol–water partition coefficient (Wildman–Crippen LogP) is 4.16. The van der Waals surface area contributed by atoms with Crippen LogP contribution in [-0.2, 0) is 4.43 Å². The summed E-state index contributed by atoms with van der Waals surface area (Å²) in [6.07, 6.45) is 3.87. The SMILES string of the molecule is [Li][CH](C)CCCCO[Si](C)(C)C(C)(C)C. The Hall–Kier alpha value is 0.774. The van der Waals surface area contributed by atoms with Gasteiger partial charge < -0.3 is 0 Å². The van der Waals surface area contributed by atoms with Crippen molar-refractivity contribution in [1.82, 2.24) is 0 Å². The molecule has 0 aromatic heterocycles. The second-order valence-corrected chi connectivity index (χ2v) is 11.3. The van der Waals surface area contributed by atoms with Crippen LogP contribution in [0.25, 0.3) is 0 Å². The molecule has 86 valence electrons. The van der Waals surface area contributed by atoms with Crippen LogP contribution in [0.15, 0.2) is 0 Å². The van der Waals surface area contributed by atoms with Gasteiger partial charge in [0.1, 0.15) is 0 Å². The van der Waals surface area contributed by atoms with Crippen molar-refractivity contribution < 1.29 is 4.43 Å². The Morgan fingerprint density at radius 2 is 1.73 bits per heavy atom. The molecule has 1 unspecified atom stereocenters. The summed E-state index contributed by atoms with van der Waals surface area (Å²) in [4.78, 5) is 0. The van der Waals surface area contributed by atoms with Crippen LogP contribution in [0.3, 0.4) is 0 Å². The average molecular weight is 222 g/mol. The van der Waals surface area contributed by atoms with E-state index in [0.29, 0.717) is 5.04 Å². The van der Waals surface area contributed by atoms with E-state index in [1.807, 2.05) is 0 Å². The Morgan fingerprint density at radius 3 is 2.13 bits per heavy atom.